The molecule has 11 heteroatoms. The van der Waals surface area contributed by atoms with Crippen LogP contribution in [-0.2, 0) is 10.9 Å². The fourth-order valence-corrected chi connectivity index (χ4v) is 3.63. The van der Waals surface area contributed by atoms with Crippen molar-refractivity contribution in [1.29, 1.82) is 0 Å². The topological polar surface area (TPSA) is 103 Å². The molecule has 1 heterocycles. The summed E-state index contributed by atoms with van der Waals surface area (Å²) < 4.78 is 58.2. The number of urea groups is 1. The number of benzene rings is 3. The van der Waals surface area contributed by atoms with Gasteiger partial charge in [0, 0.05) is 28.5 Å². The Labute approximate surface area is 195 Å². The van der Waals surface area contributed by atoms with Gasteiger partial charge in [-0.25, -0.2) is 14.0 Å². The lowest BCUT2D eigenvalue weighted by Crippen LogP contribution is -2.20. The maximum absolute atomic E-state index is 15.0. The van der Waals surface area contributed by atoms with Crippen molar-refractivity contribution in [3.63, 3.8) is 0 Å². The summed E-state index contributed by atoms with van der Waals surface area (Å²) in [5.74, 6) is -1.69. The van der Waals surface area contributed by atoms with E-state index in [1.165, 1.54) is 43.6 Å². The normalized spacial score (nSPS) is 11.3. The van der Waals surface area contributed by atoms with Gasteiger partial charge in [-0.2, -0.15) is 13.2 Å². The van der Waals surface area contributed by atoms with Crippen LogP contribution in [0.15, 0.2) is 60.8 Å². The molecule has 0 bridgehead atoms. The quantitative estimate of drug-likeness (QED) is 0.205. The number of methoxy groups -OCH3 is 1. The van der Waals surface area contributed by atoms with Gasteiger partial charge in [-0.3, -0.25) is 0 Å². The summed E-state index contributed by atoms with van der Waals surface area (Å²) in [6, 6.07) is 9.92. The largest absolute Gasteiger partial charge is 0.494 e. The first kappa shape index (κ1) is 23.6. The maximum Gasteiger partial charge on any atom is 0.416 e. The number of halogens is 4. The molecule has 180 valence electrons. The van der Waals surface area contributed by atoms with Crippen molar-refractivity contribution in [2.45, 2.75) is 6.18 Å². The van der Waals surface area contributed by atoms with E-state index in [2.05, 4.69) is 15.6 Å². The molecule has 2 amide bonds. The number of aromatic hydroxyl groups is 1. The average Bonchev–Trinajstić information content (AvgIpc) is 3.20. The fourth-order valence-electron chi connectivity index (χ4n) is 3.63. The Kier molecular flexibility index (Phi) is 6.08. The zero-order valence-electron chi connectivity index (χ0n) is 18.0. The highest BCUT2D eigenvalue weighted by Crippen LogP contribution is 2.37. The SMILES string of the molecule is COC(=O)c1ccc(-c2ccc(NC(=O)Nc3cccc(C(F)(F)F)c3)cc2F)c2c[nH]c(O)c12. The average molecular weight is 487 g/mol. The predicted octanol–water partition coefficient (Wildman–Crippen LogP) is 6.13. The van der Waals surface area contributed by atoms with Crippen molar-refractivity contribution in [1.82, 2.24) is 4.98 Å². The number of hydrogen-bond acceptors (Lipinski definition) is 4. The molecule has 4 N–H and O–H groups in total. The van der Waals surface area contributed by atoms with Crippen LogP contribution in [-0.4, -0.2) is 29.2 Å². The van der Waals surface area contributed by atoms with E-state index in [0.717, 1.165) is 24.3 Å². The molecular weight excluding hydrogens is 470 g/mol. The van der Waals surface area contributed by atoms with E-state index < -0.39 is 29.6 Å². The molecule has 0 aliphatic carbocycles. The van der Waals surface area contributed by atoms with Crippen LogP contribution in [0.1, 0.15) is 15.9 Å². The van der Waals surface area contributed by atoms with E-state index in [4.69, 9.17) is 4.74 Å². The first-order valence-electron chi connectivity index (χ1n) is 10.0. The van der Waals surface area contributed by atoms with Gasteiger partial charge in [0.2, 0.25) is 0 Å². The number of ether oxygens (including phenoxy) is 1. The van der Waals surface area contributed by atoms with Crippen molar-refractivity contribution in [3.8, 4) is 17.0 Å². The minimum Gasteiger partial charge on any atom is -0.494 e. The zero-order valence-corrected chi connectivity index (χ0v) is 18.0. The number of hydrogen-bond donors (Lipinski definition) is 4. The molecule has 0 atom stereocenters. The third-order valence-corrected chi connectivity index (χ3v) is 5.21. The highest BCUT2D eigenvalue weighted by molar-refractivity contribution is 6.11. The second kappa shape index (κ2) is 9.01. The van der Waals surface area contributed by atoms with Gasteiger partial charge in [0.15, 0.2) is 5.88 Å². The monoisotopic (exact) mass is 487 g/mol. The molecule has 4 rings (SSSR count). The summed E-state index contributed by atoms with van der Waals surface area (Å²) in [7, 11) is 1.19. The van der Waals surface area contributed by atoms with Gasteiger partial charge in [-0.1, -0.05) is 12.1 Å². The third-order valence-electron chi connectivity index (χ3n) is 5.21. The summed E-state index contributed by atoms with van der Waals surface area (Å²) in [5.41, 5.74) is -0.387. The van der Waals surface area contributed by atoms with Crippen LogP contribution in [0, 0.1) is 5.82 Å². The number of carbonyl (C=O) groups is 2. The van der Waals surface area contributed by atoms with Gasteiger partial charge < -0.3 is 25.5 Å². The Morgan fingerprint density at radius 2 is 1.66 bits per heavy atom. The van der Waals surface area contributed by atoms with E-state index in [1.807, 2.05) is 0 Å². The highest BCUT2D eigenvalue weighted by atomic mass is 19.4. The molecule has 0 spiro atoms. The van der Waals surface area contributed by atoms with Gasteiger partial charge in [-0.15, -0.1) is 0 Å². The van der Waals surface area contributed by atoms with Crippen LogP contribution >= 0.6 is 0 Å². The Bertz CT molecular complexity index is 1450. The Morgan fingerprint density at radius 1 is 0.971 bits per heavy atom. The molecule has 35 heavy (non-hydrogen) atoms. The molecular formula is C24H17F4N3O4. The lowest BCUT2D eigenvalue weighted by atomic mass is 9.97. The van der Waals surface area contributed by atoms with Crippen LogP contribution in [0.4, 0.5) is 33.7 Å². The molecule has 0 saturated heterocycles. The predicted molar refractivity (Wildman–Crippen MR) is 121 cm³/mol. The van der Waals surface area contributed by atoms with Crippen molar-refractivity contribution in [2.24, 2.45) is 0 Å². The first-order chi connectivity index (χ1) is 16.6. The molecule has 0 aliphatic heterocycles. The number of aromatic nitrogens is 1. The standard InChI is InChI=1S/C24H17F4N3O4/c1-35-22(33)17-8-7-15(18-11-29-21(32)20(17)18)16-6-5-14(10-19(16)25)31-23(34)30-13-4-2-3-12(9-13)24(26,27)28/h2-11,29,32H,1H3,(H2,30,31,34). The van der Waals surface area contributed by atoms with Crippen LogP contribution < -0.4 is 10.6 Å². The zero-order chi connectivity index (χ0) is 25.3. The van der Waals surface area contributed by atoms with E-state index >= 15 is 0 Å². The number of anilines is 2. The summed E-state index contributed by atoms with van der Waals surface area (Å²) in [6.07, 6.45) is -3.15. The highest BCUT2D eigenvalue weighted by Gasteiger charge is 2.30. The lowest BCUT2D eigenvalue weighted by Gasteiger charge is -2.12. The van der Waals surface area contributed by atoms with Crippen molar-refractivity contribution >= 4 is 34.1 Å². The number of fused-ring (bicyclic) bond motifs is 1. The fraction of sp³-hybridized carbons (Fsp3) is 0.0833. The van der Waals surface area contributed by atoms with E-state index in [0.29, 0.717) is 10.9 Å². The number of nitrogens with one attached hydrogen (secondary N) is 3. The Morgan fingerprint density at radius 3 is 2.31 bits per heavy atom. The Hall–Kier alpha value is -4.54. The summed E-state index contributed by atoms with van der Waals surface area (Å²) in [5, 5.41) is 15.3. The second-order valence-electron chi connectivity index (χ2n) is 7.43. The van der Waals surface area contributed by atoms with Gasteiger partial charge in [0.1, 0.15) is 5.82 Å². The summed E-state index contributed by atoms with van der Waals surface area (Å²) in [6.45, 7) is 0. The van der Waals surface area contributed by atoms with Gasteiger partial charge in [0.05, 0.1) is 23.6 Å². The first-order valence-corrected chi connectivity index (χ1v) is 10.0. The maximum atomic E-state index is 15.0. The molecule has 0 fully saturated rings. The minimum atomic E-state index is -4.57. The molecule has 0 aliphatic rings. The molecule has 0 radical (unpaired) electrons. The molecule has 7 nitrogen and oxygen atoms in total. The van der Waals surface area contributed by atoms with Crippen molar-refractivity contribution < 1.29 is 37.0 Å². The summed E-state index contributed by atoms with van der Waals surface area (Å²) >= 11 is 0. The van der Waals surface area contributed by atoms with Crippen molar-refractivity contribution in [2.75, 3.05) is 17.7 Å². The van der Waals surface area contributed by atoms with Crippen molar-refractivity contribution in [3.05, 3.63) is 77.7 Å². The smallest absolute Gasteiger partial charge is 0.416 e. The number of aromatic amines is 1. The number of rotatable bonds is 4. The van der Waals surface area contributed by atoms with Crippen LogP contribution in [0.2, 0.25) is 0 Å². The minimum absolute atomic E-state index is 0.0510. The number of H-pyrrole nitrogens is 1. The summed E-state index contributed by atoms with van der Waals surface area (Å²) in [4.78, 5) is 26.8. The second-order valence-corrected chi connectivity index (χ2v) is 7.43. The molecule has 0 unspecified atom stereocenters. The van der Waals surface area contributed by atoms with Gasteiger partial charge >= 0.3 is 18.2 Å². The van der Waals surface area contributed by atoms with Crippen LogP contribution in [0.25, 0.3) is 21.9 Å². The molecule has 1 aromatic heterocycles. The van der Waals surface area contributed by atoms with E-state index in [-0.39, 0.29) is 33.8 Å². The van der Waals surface area contributed by atoms with Crippen LogP contribution in [0.5, 0.6) is 5.88 Å². The van der Waals surface area contributed by atoms with E-state index in [1.54, 1.807) is 0 Å². The Balaban J connectivity index is 1.58. The number of esters is 1. The molecule has 3 aromatic carbocycles. The number of alkyl halides is 3. The number of amides is 2. The van der Waals surface area contributed by atoms with E-state index in [9.17, 15) is 32.3 Å². The number of carbonyl (C=O) groups excluding carboxylic acids is 2. The third kappa shape index (κ3) is 4.74. The molecule has 4 aromatic rings. The van der Waals surface area contributed by atoms with Crippen LogP contribution in [0.3, 0.4) is 0 Å². The molecule has 0 saturated carbocycles. The van der Waals surface area contributed by atoms with Gasteiger partial charge in [0.25, 0.3) is 0 Å². The van der Waals surface area contributed by atoms with Gasteiger partial charge in [-0.05, 0) is 48.0 Å². The lowest BCUT2D eigenvalue weighted by molar-refractivity contribution is -0.137.